The lowest BCUT2D eigenvalue weighted by Gasteiger charge is -2.26. The maximum absolute atomic E-state index is 12.2. The largest absolute Gasteiger partial charge is 0.466 e. The van der Waals surface area contributed by atoms with Gasteiger partial charge in [-0.25, -0.2) is 8.42 Å². The van der Waals surface area contributed by atoms with E-state index < -0.39 is 21.3 Å². The van der Waals surface area contributed by atoms with Gasteiger partial charge >= 0.3 is 0 Å². The minimum absolute atomic E-state index is 0.00932. The van der Waals surface area contributed by atoms with Crippen molar-refractivity contribution in [3.05, 3.63) is 54.5 Å². The van der Waals surface area contributed by atoms with Crippen molar-refractivity contribution < 1.29 is 22.7 Å². The minimum atomic E-state index is -3.50. The normalized spacial score (nSPS) is 17.0. The third-order valence-corrected chi connectivity index (χ3v) is 6.19. The zero-order valence-corrected chi connectivity index (χ0v) is 14.5. The van der Waals surface area contributed by atoms with Crippen LogP contribution in [0, 0.1) is 5.92 Å². The fourth-order valence-corrected chi connectivity index (χ4v) is 4.07. The van der Waals surface area contributed by atoms with Gasteiger partial charge in [-0.3, -0.25) is 4.79 Å². The summed E-state index contributed by atoms with van der Waals surface area (Å²) in [5, 5.41) is 13.5. The van der Waals surface area contributed by atoms with Crippen molar-refractivity contribution in [3.63, 3.8) is 0 Å². The number of amides is 1. The molecule has 6 nitrogen and oxygen atoms in total. The molecule has 2 aromatic rings. The molecule has 2 N–H and O–H groups in total. The first kappa shape index (κ1) is 17.7. The zero-order valence-electron chi connectivity index (χ0n) is 13.7. The summed E-state index contributed by atoms with van der Waals surface area (Å²) >= 11 is 0. The average Bonchev–Trinajstić information content (AvgIpc) is 3.33. The topological polar surface area (TPSA) is 96.6 Å². The van der Waals surface area contributed by atoms with E-state index in [1.807, 2.05) is 0 Å². The lowest BCUT2D eigenvalue weighted by Crippen LogP contribution is -2.42. The van der Waals surface area contributed by atoms with Crippen LogP contribution in [0.25, 0.3) is 0 Å². The average molecular weight is 363 g/mol. The Kier molecular flexibility index (Phi) is 4.96. The van der Waals surface area contributed by atoms with Crippen LogP contribution >= 0.6 is 0 Å². The number of hydrogen-bond acceptors (Lipinski definition) is 5. The van der Waals surface area contributed by atoms with Crippen LogP contribution in [0.5, 0.6) is 0 Å². The molecular weight excluding hydrogens is 342 g/mol. The van der Waals surface area contributed by atoms with E-state index in [1.54, 1.807) is 30.3 Å². The quantitative estimate of drug-likeness (QED) is 0.746. The number of rotatable bonds is 8. The van der Waals surface area contributed by atoms with Crippen LogP contribution in [0.3, 0.4) is 0 Å². The molecule has 25 heavy (non-hydrogen) atoms. The van der Waals surface area contributed by atoms with Crippen molar-refractivity contribution >= 4 is 15.7 Å². The Morgan fingerprint density at radius 2 is 1.92 bits per heavy atom. The van der Waals surface area contributed by atoms with Gasteiger partial charge in [0.15, 0.2) is 9.84 Å². The Balaban J connectivity index is 1.56. The van der Waals surface area contributed by atoms with Gasteiger partial charge in [0, 0.05) is 6.42 Å². The highest BCUT2D eigenvalue weighted by atomic mass is 32.2. The van der Waals surface area contributed by atoms with Crippen LogP contribution in [0.4, 0.5) is 0 Å². The predicted molar refractivity (Wildman–Crippen MR) is 91.5 cm³/mol. The van der Waals surface area contributed by atoms with Crippen LogP contribution in [-0.2, 0) is 20.2 Å². The molecule has 0 bridgehead atoms. The second-order valence-electron chi connectivity index (χ2n) is 6.33. The monoisotopic (exact) mass is 363 g/mol. The van der Waals surface area contributed by atoms with Gasteiger partial charge in [0.1, 0.15) is 11.4 Å². The zero-order chi connectivity index (χ0) is 17.9. The summed E-state index contributed by atoms with van der Waals surface area (Å²) in [5.74, 6) is -0.213. The third kappa shape index (κ3) is 4.11. The van der Waals surface area contributed by atoms with Crippen LogP contribution in [0.15, 0.2) is 58.0 Å². The van der Waals surface area contributed by atoms with Gasteiger partial charge in [0.25, 0.3) is 0 Å². The Bertz CT molecular complexity index is 812. The van der Waals surface area contributed by atoms with Gasteiger partial charge in [-0.15, -0.1) is 0 Å². The fourth-order valence-electron chi connectivity index (χ4n) is 2.81. The van der Waals surface area contributed by atoms with Crippen LogP contribution in [-0.4, -0.2) is 31.7 Å². The molecule has 1 aromatic carbocycles. The highest BCUT2D eigenvalue weighted by Crippen LogP contribution is 2.45. The Hall–Kier alpha value is -2.12. The van der Waals surface area contributed by atoms with Gasteiger partial charge in [-0.1, -0.05) is 18.2 Å². The number of nitrogens with one attached hydrogen (secondary N) is 1. The van der Waals surface area contributed by atoms with Crippen molar-refractivity contribution in [3.8, 4) is 0 Å². The Labute approximate surface area is 146 Å². The van der Waals surface area contributed by atoms with Crippen molar-refractivity contribution in [2.75, 3.05) is 12.3 Å². The fraction of sp³-hybridized carbons (Fsp3) is 0.389. The molecule has 1 heterocycles. The van der Waals surface area contributed by atoms with E-state index in [1.165, 1.54) is 18.4 Å². The molecule has 1 aliphatic carbocycles. The molecule has 0 saturated heterocycles. The third-order valence-electron chi connectivity index (χ3n) is 4.46. The van der Waals surface area contributed by atoms with E-state index in [0.29, 0.717) is 5.76 Å². The number of sulfone groups is 1. The highest BCUT2D eigenvalue weighted by molar-refractivity contribution is 7.91. The smallest absolute Gasteiger partial charge is 0.221 e. The molecule has 1 fully saturated rings. The van der Waals surface area contributed by atoms with E-state index in [0.717, 1.165) is 12.8 Å². The molecule has 1 atom stereocenters. The maximum Gasteiger partial charge on any atom is 0.221 e. The van der Waals surface area contributed by atoms with Crippen LogP contribution in [0.2, 0.25) is 0 Å². The minimum Gasteiger partial charge on any atom is -0.466 e. The van der Waals surface area contributed by atoms with Gasteiger partial charge < -0.3 is 14.8 Å². The first-order valence-corrected chi connectivity index (χ1v) is 9.88. The molecule has 1 aromatic heterocycles. The van der Waals surface area contributed by atoms with Crippen LogP contribution in [0.1, 0.15) is 25.0 Å². The molecule has 0 aliphatic heterocycles. The first-order chi connectivity index (χ1) is 11.9. The number of furan rings is 1. The standard InChI is InChI=1S/C18H21NO5S/c20-17(10-12-25(22,23)15-5-2-1-3-6-15)19-13-18(21,14-8-9-14)16-7-4-11-24-16/h1-7,11,14,21H,8-10,12-13H2,(H,19,20)/t18-/m0/s1. The van der Waals surface area contributed by atoms with E-state index in [2.05, 4.69) is 5.32 Å². The van der Waals surface area contributed by atoms with Gasteiger partial charge in [0.2, 0.25) is 5.91 Å². The Morgan fingerprint density at radius 3 is 2.52 bits per heavy atom. The van der Waals surface area contributed by atoms with E-state index >= 15 is 0 Å². The molecule has 0 radical (unpaired) electrons. The van der Waals surface area contributed by atoms with Crippen molar-refractivity contribution in [2.45, 2.75) is 29.8 Å². The molecular formula is C18H21NO5S. The summed E-state index contributed by atoms with van der Waals surface area (Å²) in [6.07, 6.45) is 3.07. The van der Waals surface area contributed by atoms with Crippen molar-refractivity contribution in [1.82, 2.24) is 5.32 Å². The van der Waals surface area contributed by atoms with Gasteiger partial charge in [-0.05, 0) is 43.0 Å². The number of hydrogen-bond donors (Lipinski definition) is 2. The van der Waals surface area contributed by atoms with Crippen LogP contribution < -0.4 is 5.32 Å². The summed E-state index contributed by atoms with van der Waals surface area (Å²) in [7, 11) is -3.50. The predicted octanol–water partition coefficient (Wildman–Crippen LogP) is 1.86. The summed E-state index contributed by atoms with van der Waals surface area (Å²) in [5.41, 5.74) is -1.24. The SMILES string of the molecule is O=C(CCS(=O)(=O)c1ccccc1)NC[C@@](O)(c1ccco1)C1CC1. The maximum atomic E-state index is 12.2. The number of carbonyl (C=O) groups excluding carboxylic acids is 1. The van der Waals surface area contributed by atoms with Gasteiger partial charge in [0.05, 0.1) is 23.5 Å². The lowest BCUT2D eigenvalue weighted by molar-refractivity contribution is -0.122. The van der Waals surface area contributed by atoms with E-state index in [4.69, 9.17) is 4.42 Å². The summed E-state index contributed by atoms with van der Waals surface area (Å²) in [4.78, 5) is 12.3. The molecule has 3 rings (SSSR count). The molecule has 1 saturated carbocycles. The molecule has 134 valence electrons. The van der Waals surface area contributed by atoms with Gasteiger partial charge in [-0.2, -0.15) is 0 Å². The second-order valence-corrected chi connectivity index (χ2v) is 8.44. The lowest BCUT2D eigenvalue weighted by atomic mass is 9.94. The summed E-state index contributed by atoms with van der Waals surface area (Å²) < 4.78 is 29.7. The van der Waals surface area contributed by atoms with E-state index in [-0.39, 0.29) is 29.5 Å². The highest BCUT2D eigenvalue weighted by Gasteiger charge is 2.47. The first-order valence-electron chi connectivity index (χ1n) is 8.23. The molecule has 7 heteroatoms. The Morgan fingerprint density at radius 1 is 1.20 bits per heavy atom. The summed E-state index contributed by atoms with van der Waals surface area (Å²) in [6, 6.07) is 11.4. The number of aliphatic hydroxyl groups is 1. The molecule has 1 amide bonds. The molecule has 0 spiro atoms. The van der Waals surface area contributed by atoms with Crippen molar-refractivity contribution in [1.29, 1.82) is 0 Å². The molecule has 1 aliphatic rings. The van der Waals surface area contributed by atoms with E-state index in [9.17, 15) is 18.3 Å². The number of carbonyl (C=O) groups is 1. The number of benzene rings is 1. The molecule has 0 unspecified atom stereocenters. The van der Waals surface area contributed by atoms with Crippen molar-refractivity contribution in [2.24, 2.45) is 5.92 Å². The summed E-state index contributed by atoms with van der Waals surface area (Å²) in [6.45, 7) is 0.00932. The second kappa shape index (κ2) is 7.01.